The summed E-state index contributed by atoms with van der Waals surface area (Å²) in [5.74, 6) is 0.870. The van der Waals surface area contributed by atoms with Crippen molar-refractivity contribution >= 4 is 11.6 Å². The summed E-state index contributed by atoms with van der Waals surface area (Å²) >= 11 is 0. The van der Waals surface area contributed by atoms with Crippen molar-refractivity contribution in [3.63, 3.8) is 0 Å². The van der Waals surface area contributed by atoms with Crippen molar-refractivity contribution in [3.05, 3.63) is 89.2 Å². The molecule has 0 spiro atoms. The molecule has 5 heteroatoms. The van der Waals surface area contributed by atoms with E-state index in [1.165, 1.54) is 0 Å². The highest BCUT2D eigenvalue weighted by molar-refractivity contribution is 5.99. The SMILES string of the molecule is CCN1Cc2cc(-c3c(C)nc4c(OCc5ccccc5)cccn34)ccc2C1=O. The van der Waals surface area contributed by atoms with Gasteiger partial charge in [-0.05, 0) is 49.2 Å². The standard InChI is InChI=1S/C25H23N3O2/c1-3-27-15-20-14-19(11-12-21(20)25(27)29)23-17(2)26-24-22(10-7-13-28(23)24)30-16-18-8-5-4-6-9-18/h4-14H,3,15-16H2,1-2H3. The van der Waals surface area contributed by atoms with Gasteiger partial charge in [-0.15, -0.1) is 0 Å². The number of hydrogen-bond donors (Lipinski definition) is 0. The summed E-state index contributed by atoms with van der Waals surface area (Å²) in [6, 6.07) is 20.1. The second kappa shape index (κ2) is 7.34. The van der Waals surface area contributed by atoms with Crippen LogP contribution in [-0.4, -0.2) is 26.7 Å². The number of carbonyl (C=O) groups excluding carboxylic acids is 1. The zero-order valence-electron chi connectivity index (χ0n) is 17.1. The largest absolute Gasteiger partial charge is 0.485 e. The summed E-state index contributed by atoms with van der Waals surface area (Å²) in [5, 5.41) is 0. The zero-order valence-corrected chi connectivity index (χ0v) is 17.1. The van der Waals surface area contributed by atoms with Gasteiger partial charge in [-0.2, -0.15) is 0 Å². The number of nitrogens with zero attached hydrogens (tertiary/aromatic N) is 3. The van der Waals surface area contributed by atoms with E-state index in [1.807, 2.05) is 79.5 Å². The van der Waals surface area contributed by atoms with E-state index in [-0.39, 0.29) is 5.91 Å². The molecule has 0 radical (unpaired) electrons. The Labute approximate surface area is 175 Å². The van der Waals surface area contributed by atoms with Crippen LogP contribution >= 0.6 is 0 Å². The maximum Gasteiger partial charge on any atom is 0.254 e. The van der Waals surface area contributed by atoms with Gasteiger partial charge in [0.05, 0.1) is 11.4 Å². The Bertz CT molecular complexity index is 1240. The van der Waals surface area contributed by atoms with Gasteiger partial charge in [-0.1, -0.05) is 36.4 Å². The topological polar surface area (TPSA) is 46.8 Å². The molecular formula is C25H23N3O2. The normalized spacial score (nSPS) is 13.1. The van der Waals surface area contributed by atoms with E-state index in [0.29, 0.717) is 13.2 Å². The molecule has 0 fully saturated rings. The Morgan fingerprint density at radius 3 is 2.70 bits per heavy atom. The number of amides is 1. The number of aryl methyl sites for hydroxylation is 1. The van der Waals surface area contributed by atoms with Crippen LogP contribution in [0.15, 0.2) is 66.9 Å². The van der Waals surface area contributed by atoms with E-state index < -0.39 is 0 Å². The molecule has 0 aliphatic carbocycles. The molecule has 5 rings (SSSR count). The van der Waals surface area contributed by atoms with Crippen molar-refractivity contribution in [1.29, 1.82) is 0 Å². The Kier molecular flexibility index (Phi) is 4.51. The van der Waals surface area contributed by atoms with E-state index in [1.54, 1.807) is 0 Å². The van der Waals surface area contributed by atoms with E-state index in [9.17, 15) is 4.79 Å². The summed E-state index contributed by atoms with van der Waals surface area (Å²) in [6.45, 7) is 5.91. The summed E-state index contributed by atoms with van der Waals surface area (Å²) in [7, 11) is 0. The van der Waals surface area contributed by atoms with Gasteiger partial charge in [0.25, 0.3) is 5.91 Å². The quantitative estimate of drug-likeness (QED) is 0.483. The molecule has 2 aromatic heterocycles. The Balaban J connectivity index is 1.52. The van der Waals surface area contributed by atoms with Gasteiger partial charge in [-0.25, -0.2) is 4.98 Å². The number of benzene rings is 2. The number of hydrogen-bond acceptors (Lipinski definition) is 3. The summed E-state index contributed by atoms with van der Waals surface area (Å²) in [5.41, 5.74) is 6.82. The predicted octanol–water partition coefficient (Wildman–Crippen LogP) is 4.86. The fraction of sp³-hybridized carbons (Fsp3) is 0.200. The zero-order chi connectivity index (χ0) is 20.7. The number of rotatable bonds is 5. The second-order valence-electron chi connectivity index (χ2n) is 7.58. The predicted molar refractivity (Wildman–Crippen MR) is 117 cm³/mol. The summed E-state index contributed by atoms with van der Waals surface area (Å²) in [6.07, 6.45) is 2.01. The maximum atomic E-state index is 12.4. The molecule has 1 amide bonds. The molecule has 0 N–H and O–H groups in total. The van der Waals surface area contributed by atoms with Crippen LogP contribution in [-0.2, 0) is 13.2 Å². The molecule has 0 saturated carbocycles. The van der Waals surface area contributed by atoms with Crippen molar-refractivity contribution in [3.8, 4) is 17.0 Å². The molecule has 3 heterocycles. The van der Waals surface area contributed by atoms with Crippen molar-refractivity contribution < 1.29 is 9.53 Å². The van der Waals surface area contributed by atoms with Gasteiger partial charge in [0.1, 0.15) is 6.61 Å². The smallest absolute Gasteiger partial charge is 0.254 e. The van der Waals surface area contributed by atoms with Crippen molar-refractivity contribution in [2.24, 2.45) is 0 Å². The lowest BCUT2D eigenvalue weighted by atomic mass is 10.0. The number of aromatic nitrogens is 2. The highest BCUT2D eigenvalue weighted by Gasteiger charge is 2.27. The number of ether oxygens (including phenoxy) is 1. The van der Waals surface area contributed by atoms with Crippen LogP contribution in [0.4, 0.5) is 0 Å². The number of pyridine rings is 1. The van der Waals surface area contributed by atoms with Crippen molar-refractivity contribution in [2.75, 3.05) is 6.54 Å². The molecule has 150 valence electrons. The third-order valence-corrected chi connectivity index (χ3v) is 5.66. The fourth-order valence-corrected chi connectivity index (χ4v) is 4.14. The second-order valence-corrected chi connectivity index (χ2v) is 7.58. The first kappa shape index (κ1) is 18.4. The molecule has 4 aromatic rings. The van der Waals surface area contributed by atoms with Gasteiger partial charge in [0.15, 0.2) is 11.4 Å². The molecule has 1 aliphatic heterocycles. The third kappa shape index (κ3) is 3.03. The molecule has 5 nitrogen and oxygen atoms in total. The van der Waals surface area contributed by atoms with E-state index in [2.05, 4.69) is 10.5 Å². The highest BCUT2D eigenvalue weighted by atomic mass is 16.5. The molecular weight excluding hydrogens is 374 g/mol. The number of imidazole rings is 1. The van der Waals surface area contributed by atoms with Crippen LogP contribution in [0.1, 0.15) is 34.1 Å². The summed E-state index contributed by atoms with van der Waals surface area (Å²) in [4.78, 5) is 19.1. The van der Waals surface area contributed by atoms with Gasteiger partial charge in [0.2, 0.25) is 0 Å². The molecule has 0 atom stereocenters. The average molecular weight is 397 g/mol. The molecule has 0 bridgehead atoms. The molecule has 30 heavy (non-hydrogen) atoms. The lowest BCUT2D eigenvalue weighted by Crippen LogP contribution is -2.22. The molecule has 2 aromatic carbocycles. The number of carbonyl (C=O) groups is 1. The van der Waals surface area contributed by atoms with Crippen molar-refractivity contribution in [2.45, 2.75) is 27.0 Å². The Hall–Kier alpha value is -3.60. The van der Waals surface area contributed by atoms with Gasteiger partial charge in [0, 0.05) is 30.4 Å². The van der Waals surface area contributed by atoms with E-state index in [4.69, 9.17) is 9.72 Å². The number of fused-ring (bicyclic) bond motifs is 2. The lowest BCUT2D eigenvalue weighted by molar-refractivity contribution is 0.0787. The van der Waals surface area contributed by atoms with Gasteiger partial charge < -0.3 is 9.64 Å². The first-order chi connectivity index (χ1) is 14.7. The minimum Gasteiger partial charge on any atom is -0.485 e. The molecule has 0 saturated heterocycles. The van der Waals surface area contributed by atoms with E-state index in [0.717, 1.165) is 51.6 Å². The van der Waals surface area contributed by atoms with Crippen LogP contribution in [0.25, 0.3) is 16.9 Å². The molecule has 0 unspecified atom stereocenters. The summed E-state index contributed by atoms with van der Waals surface area (Å²) < 4.78 is 8.17. The molecule has 1 aliphatic rings. The fourth-order valence-electron chi connectivity index (χ4n) is 4.14. The van der Waals surface area contributed by atoms with Gasteiger partial charge in [-0.3, -0.25) is 9.20 Å². The van der Waals surface area contributed by atoms with Gasteiger partial charge >= 0.3 is 0 Å². The van der Waals surface area contributed by atoms with Crippen LogP contribution in [0.2, 0.25) is 0 Å². The first-order valence-electron chi connectivity index (χ1n) is 10.2. The van der Waals surface area contributed by atoms with Crippen LogP contribution in [0, 0.1) is 6.92 Å². The van der Waals surface area contributed by atoms with Crippen LogP contribution in [0.3, 0.4) is 0 Å². The Morgan fingerprint density at radius 2 is 1.90 bits per heavy atom. The third-order valence-electron chi connectivity index (χ3n) is 5.66. The van der Waals surface area contributed by atoms with Crippen molar-refractivity contribution in [1.82, 2.24) is 14.3 Å². The lowest BCUT2D eigenvalue weighted by Gasteiger charge is -2.10. The minimum atomic E-state index is 0.116. The van der Waals surface area contributed by atoms with Crippen LogP contribution in [0.5, 0.6) is 5.75 Å². The van der Waals surface area contributed by atoms with Crippen LogP contribution < -0.4 is 4.74 Å². The maximum absolute atomic E-state index is 12.4. The van der Waals surface area contributed by atoms with E-state index >= 15 is 0 Å². The Morgan fingerprint density at radius 1 is 1.07 bits per heavy atom. The minimum absolute atomic E-state index is 0.116. The monoisotopic (exact) mass is 397 g/mol. The first-order valence-corrected chi connectivity index (χ1v) is 10.2. The highest BCUT2D eigenvalue weighted by Crippen LogP contribution is 2.32. The average Bonchev–Trinajstić information content (AvgIpc) is 3.28.